The van der Waals surface area contributed by atoms with E-state index in [0.717, 1.165) is 17.0 Å². The Morgan fingerprint density at radius 1 is 1.07 bits per heavy atom. The van der Waals surface area contributed by atoms with Crippen LogP contribution in [0.5, 0.6) is 0 Å². The van der Waals surface area contributed by atoms with Crippen molar-refractivity contribution in [3.8, 4) is 0 Å². The molecule has 4 rings (SSSR count). The zero-order valence-electron chi connectivity index (χ0n) is 15.8. The molecular formula is C22H24N2O3. The molecule has 1 saturated heterocycles. The number of anilines is 1. The number of ether oxygens (including phenoxy) is 2. The number of Topliss-reactive ketones (excluding diaryl/α,β-unsaturated/α-hetero) is 1. The van der Waals surface area contributed by atoms with Crippen LogP contribution in [0.3, 0.4) is 0 Å². The van der Waals surface area contributed by atoms with Gasteiger partial charge in [0.15, 0.2) is 5.79 Å². The highest BCUT2D eigenvalue weighted by Crippen LogP contribution is 2.37. The van der Waals surface area contributed by atoms with Crippen LogP contribution in [0, 0.1) is 5.92 Å². The van der Waals surface area contributed by atoms with Crippen molar-refractivity contribution in [1.29, 1.82) is 0 Å². The maximum absolute atomic E-state index is 12.7. The van der Waals surface area contributed by atoms with E-state index in [2.05, 4.69) is 0 Å². The standard InChI is InChI=1S/C22H24N2O3/c1-15(25)19-20(16-10-6-4-7-11-16)23-24(17-12-8-5-9-13-17)21(19)18-14-26-22(2,3)27-18/h4-13,18-19,21H,14H2,1-3H3/t18-,19-,21+/m1/s1. The molecule has 2 aliphatic rings. The van der Waals surface area contributed by atoms with Gasteiger partial charge in [-0.05, 0) is 38.5 Å². The second-order valence-electron chi connectivity index (χ2n) is 7.48. The molecule has 27 heavy (non-hydrogen) atoms. The second kappa shape index (κ2) is 6.91. The summed E-state index contributed by atoms with van der Waals surface area (Å²) in [6, 6.07) is 19.6. The average Bonchev–Trinajstić information content (AvgIpc) is 3.23. The molecule has 0 saturated carbocycles. The van der Waals surface area contributed by atoms with Crippen LogP contribution in [0.25, 0.3) is 0 Å². The van der Waals surface area contributed by atoms with Gasteiger partial charge in [-0.1, -0.05) is 48.5 Å². The van der Waals surface area contributed by atoms with Crippen LogP contribution < -0.4 is 5.01 Å². The SMILES string of the molecule is CC(=O)[C@@H]1C(c2ccccc2)=NN(c2ccccc2)[C@H]1[C@H]1COC(C)(C)O1. The van der Waals surface area contributed by atoms with Crippen LogP contribution in [0.2, 0.25) is 0 Å². The minimum atomic E-state index is -0.663. The Bertz CT molecular complexity index is 848. The molecule has 5 nitrogen and oxygen atoms in total. The lowest BCUT2D eigenvalue weighted by molar-refractivity contribution is -0.143. The molecule has 140 valence electrons. The van der Waals surface area contributed by atoms with Crippen LogP contribution in [-0.2, 0) is 14.3 Å². The van der Waals surface area contributed by atoms with Crippen LogP contribution >= 0.6 is 0 Å². The molecule has 2 heterocycles. The van der Waals surface area contributed by atoms with Gasteiger partial charge in [0.05, 0.1) is 30.0 Å². The monoisotopic (exact) mass is 364 g/mol. The summed E-state index contributed by atoms with van der Waals surface area (Å²) in [6.45, 7) is 5.86. The summed E-state index contributed by atoms with van der Waals surface area (Å²) in [5.41, 5.74) is 2.68. The summed E-state index contributed by atoms with van der Waals surface area (Å²) >= 11 is 0. The van der Waals surface area contributed by atoms with Gasteiger partial charge in [-0.15, -0.1) is 0 Å². The molecular weight excluding hydrogens is 340 g/mol. The highest BCUT2D eigenvalue weighted by atomic mass is 16.7. The van der Waals surface area contributed by atoms with E-state index in [9.17, 15) is 4.79 Å². The number of carbonyl (C=O) groups excluding carboxylic acids is 1. The van der Waals surface area contributed by atoms with Crippen molar-refractivity contribution in [3.05, 3.63) is 66.2 Å². The van der Waals surface area contributed by atoms with Crippen molar-refractivity contribution in [2.24, 2.45) is 11.0 Å². The van der Waals surface area contributed by atoms with Crippen LogP contribution in [-0.4, -0.2) is 36.0 Å². The fourth-order valence-electron chi connectivity index (χ4n) is 3.89. The quantitative estimate of drug-likeness (QED) is 0.831. The maximum Gasteiger partial charge on any atom is 0.163 e. The number of hydrazone groups is 1. The minimum absolute atomic E-state index is 0.0781. The largest absolute Gasteiger partial charge is 0.348 e. The highest BCUT2D eigenvalue weighted by molar-refractivity contribution is 6.15. The average molecular weight is 364 g/mol. The molecule has 2 aromatic carbocycles. The Hall–Kier alpha value is -2.50. The number of para-hydroxylation sites is 1. The summed E-state index contributed by atoms with van der Waals surface area (Å²) in [5, 5.41) is 6.83. The van der Waals surface area contributed by atoms with E-state index in [1.807, 2.05) is 79.5 Å². The fourth-order valence-corrected chi connectivity index (χ4v) is 3.89. The smallest absolute Gasteiger partial charge is 0.163 e. The number of benzene rings is 2. The first-order valence-electron chi connectivity index (χ1n) is 9.27. The van der Waals surface area contributed by atoms with Crippen molar-refractivity contribution < 1.29 is 14.3 Å². The number of carbonyl (C=O) groups is 1. The lowest BCUT2D eigenvalue weighted by atomic mass is 9.85. The third-order valence-corrected chi connectivity index (χ3v) is 5.07. The molecule has 3 atom stereocenters. The molecule has 0 spiro atoms. The third-order valence-electron chi connectivity index (χ3n) is 5.07. The van der Waals surface area contributed by atoms with E-state index in [4.69, 9.17) is 14.6 Å². The summed E-state index contributed by atoms with van der Waals surface area (Å²) in [6.07, 6.45) is -0.251. The van der Waals surface area contributed by atoms with Gasteiger partial charge in [-0.2, -0.15) is 5.10 Å². The van der Waals surface area contributed by atoms with E-state index < -0.39 is 5.79 Å². The number of nitrogens with zero attached hydrogens (tertiary/aromatic N) is 2. The maximum atomic E-state index is 12.7. The van der Waals surface area contributed by atoms with Crippen molar-refractivity contribution >= 4 is 17.2 Å². The van der Waals surface area contributed by atoms with E-state index in [1.54, 1.807) is 6.92 Å². The van der Waals surface area contributed by atoms with Gasteiger partial charge < -0.3 is 9.47 Å². The lowest BCUT2D eigenvalue weighted by Gasteiger charge is -2.31. The van der Waals surface area contributed by atoms with Gasteiger partial charge in [0.25, 0.3) is 0 Å². The highest BCUT2D eigenvalue weighted by Gasteiger charge is 2.50. The van der Waals surface area contributed by atoms with Gasteiger partial charge in [0.1, 0.15) is 11.9 Å². The van der Waals surface area contributed by atoms with Crippen molar-refractivity contribution in [1.82, 2.24) is 0 Å². The third kappa shape index (κ3) is 3.40. The minimum Gasteiger partial charge on any atom is -0.348 e. The molecule has 0 radical (unpaired) electrons. The molecule has 0 aliphatic carbocycles. The molecule has 0 aromatic heterocycles. The zero-order chi connectivity index (χ0) is 19.0. The van der Waals surface area contributed by atoms with Crippen molar-refractivity contribution in [3.63, 3.8) is 0 Å². The topological polar surface area (TPSA) is 51.1 Å². The van der Waals surface area contributed by atoms with Crippen LogP contribution in [0.15, 0.2) is 65.8 Å². The normalized spacial score (nSPS) is 26.9. The summed E-state index contributed by atoms with van der Waals surface area (Å²) < 4.78 is 12.0. The predicted molar refractivity (Wildman–Crippen MR) is 105 cm³/mol. The number of hydrogen-bond acceptors (Lipinski definition) is 5. The second-order valence-corrected chi connectivity index (χ2v) is 7.48. The Kier molecular flexibility index (Phi) is 4.58. The summed E-state index contributed by atoms with van der Waals surface area (Å²) in [7, 11) is 0. The molecule has 2 aromatic rings. The molecule has 0 N–H and O–H groups in total. The van der Waals surface area contributed by atoms with E-state index in [1.165, 1.54) is 0 Å². The first-order valence-corrected chi connectivity index (χ1v) is 9.27. The Labute approximate surface area is 159 Å². The van der Waals surface area contributed by atoms with Gasteiger partial charge in [0.2, 0.25) is 0 Å². The zero-order valence-corrected chi connectivity index (χ0v) is 15.8. The first kappa shape index (κ1) is 17.9. The molecule has 0 amide bonds. The number of hydrogen-bond donors (Lipinski definition) is 0. The predicted octanol–water partition coefficient (Wildman–Crippen LogP) is 3.64. The van der Waals surface area contributed by atoms with Gasteiger partial charge in [0, 0.05) is 0 Å². The molecule has 0 bridgehead atoms. The first-order chi connectivity index (χ1) is 13.0. The van der Waals surface area contributed by atoms with Crippen molar-refractivity contribution in [2.75, 3.05) is 11.6 Å². The van der Waals surface area contributed by atoms with Crippen LogP contribution in [0.1, 0.15) is 26.3 Å². The van der Waals surface area contributed by atoms with E-state index in [-0.39, 0.29) is 23.8 Å². The van der Waals surface area contributed by atoms with E-state index >= 15 is 0 Å². The summed E-state index contributed by atoms with van der Waals surface area (Å²) in [5.74, 6) is -0.964. The Morgan fingerprint density at radius 2 is 1.70 bits per heavy atom. The van der Waals surface area contributed by atoms with Gasteiger partial charge in [-0.25, -0.2) is 0 Å². The van der Waals surface area contributed by atoms with Gasteiger partial charge in [-0.3, -0.25) is 9.80 Å². The van der Waals surface area contributed by atoms with Crippen LogP contribution in [0.4, 0.5) is 5.69 Å². The Balaban J connectivity index is 1.80. The van der Waals surface area contributed by atoms with E-state index in [0.29, 0.717) is 6.61 Å². The Morgan fingerprint density at radius 3 is 2.26 bits per heavy atom. The molecule has 5 heteroatoms. The fraction of sp³-hybridized carbons (Fsp3) is 0.364. The number of rotatable bonds is 4. The lowest BCUT2D eigenvalue weighted by Crippen LogP contribution is -2.47. The molecule has 1 fully saturated rings. The molecule has 2 aliphatic heterocycles. The molecule has 0 unspecified atom stereocenters. The van der Waals surface area contributed by atoms with Gasteiger partial charge >= 0.3 is 0 Å². The van der Waals surface area contributed by atoms with Crippen molar-refractivity contribution in [2.45, 2.75) is 38.7 Å². The number of ketones is 1. The summed E-state index contributed by atoms with van der Waals surface area (Å²) in [4.78, 5) is 12.7.